The molecule has 168 valence electrons. The van der Waals surface area contributed by atoms with Gasteiger partial charge in [-0.2, -0.15) is 0 Å². The van der Waals surface area contributed by atoms with Crippen LogP contribution < -0.4 is 20.7 Å². The number of nitrogens with zero attached hydrogens (tertiary/aromatic N) is 2. The molecular formula is C24H21FN4O4. The monoisotopic (exact) mass is 448 g/mol. The van der Waals surface area contributed by atoms with Gasteiger partial charge in [0, 0.05) is 18.7 Å². The first-order chi connectivity index (χ1) is 15.8. The number of pyridine rings is 1. The smallest absolute Gasteiger partial charge is 0.247 e. The SMILES string of the molecule is CC(=O)Nc1ccc(Oc2cccc(N(C(=O)C3(C(N)=O)CC3)c3ccc(F)cc3)c2)cn1. The number of hydrogen-bond donors (Lipinski definition) is 2. The fraction of sp³-hybridized carbons (Fsp3) is 0.167. The van der Waals surface area contributed by atoms with Crippen molar-refractivity contribution < 1.29 is 23.5 Å². The van der Waals surface area contributed by atoms with Crippen molar-refractivity contribution in [3.8, 4) is 11.5 Å². The van der Waals surface area contributed by atoms with Crippen LogP contribution in [0.3, 0.4) is 0 Å². The van der Waals surface area contributed by atoms with Crippen molar-refractivity contribution in [1.82, 2.24) is 4.98 Å². The molecule has 1 fully saturated rings. The minimum atomic E-state index is -1.27. The van der Waals surface area contributed by atoms with E-state index in [1.54, 1.807) is 36.4 Å². The fourth-order valence-corrected chi connectivity index (χ4v) is 3.40. The molecule has 1 saturated carbocycles. The van der Waals surface area contributed by atoms with Gasteiger partial charge < -0.3 is 15.8 Å². The van der Waals surface area contributed by atoms with Gasteiger partial charge in [0.25, 0.3) is 0 Å². The minimum absolute atomic E-state index is 0.237. The van der Waals surface area contributed by atoms with Gasteiger partial charge in [-0.25, -0.2) is 9.37 Å². The molecule has 1 aliphatic rings. The van der Waals surface area contributed by atoms with Crippen molar-refractivity contribution in [2.24, 2.45) is 11.1 Å². The van der Waals surface area contributed by atoms with Gasteiger partial charge in [-0.1, -0.05) is 6.07 Å². The van der Waals surface area contributed by atoms with Crippen LogP contribution in [0.15, 0.2) is 66.9 Å². The van der Waals surface area contributed by atoms with Crippen LogP contribution in [0.25, 0.3) is 0 Å². The Morgan fingerprint density at radius 3 is 2.33 bits per heavy atom. The molecule has 1 aromatic heterocycles. The summed E-state index contributed by atoms with van der Waals surface area (Å²) in [6, 6.07) is 15.3. The van der Waals surface area contributed by atoms with Crippen LogP contribution in [0.1, 0.15) is 19.8 Å². The van der Waals surface area contributed by atoms with Gasteiger partial charge >= 0.3 is 0 Å². The molecule has 0 spiro atoms. The Hall–Kier alpha value is -4.27. The molecule has 1 heterocycles. The van der Waals surface area contributed by atoms with Crippen LogP contribution in [-0.4, -0.2) is 22.7 Å². The van der Waals surface area contributed by atoms with Gasteiger partial charge in [-0.15, -0.1) is 0 Å². The molecule has 0 bridgehead atoms. The number of benzene rings is 2. The number of carbonyl (C=O) groups is 3. The lowest BCUT2D eigenvalue weighted by molar-refractivity contribution is -0.133. The van der Waals surface area contributed by atoms with E-state index in [9.17, 15) is 18.8 Å². The highest BCUT2D eigenvalue weighted by molar-refractivity contribution is 6.16. The number of ether oxygens (including phenoxy) is 1. The minimum Gasteiger partial charge on any atom is -0.456 e. The largest absolute Gasteiger partial charge is 0.456 e. The standard InChI is InChI=1S/C24H21FN4O4/c1-15(30)28-21-10-9-20(14-27-21)33-19-4-2-3-18(13-19)29(17-7-5-16(25)6-8-17)23(32)24(11-12-24)22(26)31/h2-10,13-14H,11-12H2,1H3,(H2,26,31)(H,27,28,30). The first-order valence-electron chi connectivity index (χ1n) is 10.2. The average Bonchev–Trinajstić information content (AvgIpc) is 3.59. The van der Waals surface area contributed by atoms with Crippen molar-refractivity contribution in [2.75, 3.05) is 10.2 Å². The number of amides is 3. The van der Waals surface area contributed by atoms with Gasteiger partial charge in [-0.05, 0) is 61.4 Å². The highest BCUT2D eigenvalue weighted by Gasteiger charge is 2.57. The molecule has 3 aromatic rings. The summed E-state index contributed by atoms with van der Waals surface area (Å²) in [5.41, 5.74) is 5.08. The summed E-state index contributed by atoms with van der Waals surface area (Å²) < 4.78 is 19.4. The Bertz CT molecular complexity index is 1210. The Labute approximate surface area is 189 Å². The third-order valence-corrected chi connectivity index (χ3v) is 5.27. The average molecular weight is 448 g/mol. The summed E-state index contributed by atoms with van der Waals surface area (Å²) in [6.45, 7) is 1.38. The summed E-state index contributed by atoms with van der Waals surface area (Å²) in [6.07, 6.45) is 2.18. The third-order valence-electron chi connectivity index (χ3n) is 5.27. The van der Waals surface area contributed by atoms with Crippen LogP contribution in [0.2, 0.25) is 0 Å². The number of halogens is 1. The van der Waals surface area contributed by atoms with Crippen molar-refractivity contribution in [3.63, 3.8) is 0 Å². The molecule has 0 atom stereocenters. The predicted molar refractivity (Wildman–Crippen MR) is 119 cm³/mol. The first-order valence-corrected chi connectivity index (χ1v) is 10.2. The summed E-state index contributed by atoms with van der Waals surface area (Å²) >= 11 is 0. The zero-order valence-electron chi connectivity index (χ0n) is 17.7. The summed E-state index contributed by atoms with van der Waals surface area (Å²) in [7, 11) is 0. The number of anilines is 3. The Morgan fingerprint density at radius 2 is 1.76 bits per heavy atom. The van der Waals surface area contributed by atoms with Gasteiger partial charge in [0.15, 0.2) is 0 Å². The van der Waals surface area contributed by atoms with Crippen molar-refractivity contribution in [3.05, 3.63) is 72.7 Å². The highest BCUT2D eigenvalue weighted by atomic mass is 19.1. The van der Waals surface area contributed by atoms with E-state index in [2.05, 4.69) is 10.3 Å². The number of primary amides is 1. The van der Waals surface area contributed by atoms with Crippen molar-refractivity contribution in [1.29, 1.82) is 0 Å². The second-order valence-electron chi connectivity index (χ2n) is 7.72. The molecule has 2 aromatic carbocycles. The van der Waals surface area contributed by atoms with Crippen molar-refractivity contribution in [2.45, 2.75) is 19.8 Å². The van der Waals surface area contributed by atoms with E-state index in [0.29, 0.717) is 41.5 Å². The van der Waals surface area contributed by atoms with Gasteiger partial charge in [0.05, 0.1) is 11.9 Å². The predicted octanol–water partition coefficient (Wildman–Crippen LogP) is 3.90. The maximum absolute atomic E-state index is 13.5. The highest BCUT2D eigenvalue weighted by Crippen LogP contribution is 2.49. The summed E-state index contributed by atoms with van der Waals surface area (Å²) in [5, 5.41) is 2.57. The topological polar surface area (TPSA) is 115 Å². The van der Waals surface area contributed by atoms with E-state index in [1.165, 1.54) is 42.3 Å². The second-order valence-corrected chi connectivity index (χ2v) is 7.72. The maximum Gasteiger partial charge on any atom is 0.247 e. The van der Waals surface area contributed by atoms with Crippen LogP contribution in [0.5, 0.6) is 11.5 Å². The number of nitrogens with two attached hydrogens (primary N) is 1. The molecular weight excluding hydrogens is 427 g/mol. The van der Waals surface area contributed by atoms with Crippen LogP contribution in [0.4, 0.5) is 21.6 Å². The molecule has 1 aliphatic carbocycles. The lowest BCUT2D eigenvalue weighted by Gasteiger charge is -2.26. The molecule has 0 radical (unpaired) electrons. The normalized spacial score (nSPS) is 13.6. The quantitative estimate of drug-likeness (QED) is 0.532. The van der Waals surface area contributed by atoms with Crippen molar-refractivity contribution >= 4 is 34.9 Å². The molecule has 33 heavy (non-hydrogen) atoms. The number of carbonyl (C=O) groups excluding carboxylic acids is 3. The molecule has 0 saturated heterocycles. The Balaban J connectivity index is 1.65. The summed E-state index contributed by atoms with van der Waals surface area (Å²) in [5.74, 6) is -0.634. The number of nitrogens with one attached hydrogen (secondary N) is 1. The second kappa shape index (κ2) is 8.70. The van der Waals surface area contributed by atoms with E-state index in [1.807, 2.05) is 0 Å². The zero-order valence-corrected chi connectivity index (χ0v) is 17.7. The fourth-order valence-electron chi connectivity index (χ4n) is 3.40. The number of hydrogen-bond acceptors (Lipinski definition) is 5. The van der Waals surface area contributed by atoms with Crippen LogP contribution >= 0.6 is 0 Å². The molecule has 4 rings (SSSR count). The van der Waals surface area contributed by atoms with E-state index < -0.39 is 23.0 Å². The van der Waals surface area contributed by atoms with Gasteiger partial charge in [-0.3, -0.25) is 19.3 Å². The van der Waals surface area contributed by atoms with Crippen LogP contribution in [-0.2, 0) is 14.4 Å². The van der Waals surface area contributed by atoms with Crippen LogP contribution in [0, 0.1) is 11.2 Å². The van der Waals surface area contributed by atoms with E-state index >= 15 is 0 Å². The number of rotatable bonds is 7. The molecule has 0 unspecified atom stereocenters. The Kier molecular flexibility index (Phi) is 5.78. The third kappa shape index (κ3) is 4.67. The molecule has 9 heteroatoms. The number of aromatic nitrogens is 1. The van der Waals surface area contributed by atoms with Gasteiger partial charge in [0.1, 0.15) is 28.5 Å². The van der Waals surface area contributed by atoms with E-state index in [-0.39, 0.29) is 5.91 Å². The molecule has 3 N–H and O–H groups in total. The maximum atomic E-state index is 13.5. The molecule has 3 amide bonds. The lowest BCUT2D eigenvalue weighted by atomic mass is 10.0. The van der Waals surface area contributed by atoms with Gasteiger partial charge in [0.2, 0.25) is 17.7 Å². The zero-order chi connectivity index (χ0) is 23.6. The van der Waals surface area contributed by atoms with E-state index in [4.69, 9.17) is 10.5 Å². The molecule has 0 aliphatic heterocycles. The Morgan fingerprint density at radius 1 is 1.03 bits per heavy atom. The van der Waals surface area contributed by atoms with E-state index in [0.717, 1.165) is 0 Å². The lowest BCUT2D eigenvalue weighted by Crippen LogP contribution is -2.41. The first kappa shape index (κ1) is 21.9. The summed E-state index contributed by atoms with van der Waals surface area (Å²) in [4.78, 5) is 42.0. The molecule has 8 nitrogen and oxygen atoms in total.